The molecule has 2 aromatic carbocycles. The van der Waals surface area contributed by atoms with Crippen molar-refractivity contribution in [3.05, 3.63) is 77.6 Å². The highest BCUT2D eigenvalue weighted by molar-refractivity contribution is 5.94. The minimum atomic E-state index is -0.0797. The SMILES string of the molecule is COc1ccc(CCNC(=O)c2ccc(C)c(-n3cccc3)c2)cc1OC. The molecule has 1 aromatic heterocycles. The average Bonchev–Trinajstić information content (AvgIpc) is 3.22. The normalized spacial score (nSPS) is 10.5. The zero-order valence-corrected chi connectivity index (χ0v) is 15.9. The van der Waals surface area contributed by atoms with Gasteiger partial charge in [-0.1, -0.05) is 12.1 Å². The number of hydrogen-bond donors (Lipinski definition) is 1. The molecule has 0 atom stereocenters. The monoisotopic (exact) mass is 364 g/mol. The van der Waals surface area contributed by atoms with Gasteiger partial charge in [-0.25, -0.2) is 0 Å². The molecular formula is C22H24N2O3. The molecular weight excluding hydrogens is 340 g/mol. The number of aromatic nitrogens is 1. The third kappa shape index (κ3) is 4.31. The predicted molar refractivity (Wildman–Crippen MR) is 106 cm³/mol. The largest absolute Gasteiger partial charge is 0.493 e. The van der Waals surface area contributed by atoms with Crippen molar-refractivity contribution in [2.24, 2.45) is 0 Å². The third-order valence-electron chi connectivity index (χ3n) is 4.50. The van der Waals surface area contributed by atoms with E-state index in [-0.39, 0.29) is 5.91 Å². The highest BCUT2D eigenvalue weighted by Gasteiger charge is 2.09. The lowest BCUT2D eigenvalue weighted by Crippen LogP contribution is -2.25. The Morgan fingerprint density at radius 2 is 1.74 bits per heavy atom. The van der Waals surface area contributed by atoms with Crippen molar-refractivity contribution < 1.29 is 14.3 Å². The Morgan fingerprint density at radius 3 is 2.44 bits per heavy atom. The molecule has 5 nitrogen and oxygen atoms in total. The molecule has 0 spiro atoms. The van der Waals surface area contributed by atoms with E-state index in [9.17, 15) is 4.79 Å². The van der Waals surface area contributed by atoms with Gasteiger partial charge in [-0.05, 0) is 60.9 Å². The number of aryl methyl sites for hydroxylation is 1. The van der Waals surface area contributed by atoms with E-state index >= 15 is 0 Å². The van der Waals surface area contributed by atoms with Gasteiger partial charge in [-0.2, -0.15) is 0 Å². The van der Waals surface area contributed by atoms with Crippen LogP contribution in [-0.4, -0.2) is 31.2 Å². The van der Waals surface area contributed by atoms with Gasteiger partial charge in [0.25, 0.3) is 5.91 Å². The van der Waals surface area contributed by atoms with Gasteiger partial charge in [0.1, 0.15) is 0 Å². The van der Waals surface area contributed by atoms with E-state index in [0.29, 0.717) is 30.0 Å². The van der Waals surface area contributed by atoms with Gasteiger partial charge >= 0.3 is 0 Å². The Hall–Kier alpha value is -3.21. The summed E-state index contributed by atoms with van der Waals surface area (Å²) in [6.07, 6.45) is 4.66. The standard InChI is InChI=1S/C22H24N2O3/c1-16-6-8-18(15-19(16)24-12-4-5-13-24)22(25)23-11-10-17-7-9-20(26-2)21(14-17)27-3/h4-9,12-15H,10-11H2,1-3H3,(H,23,25). The summed E-state index contributed by atoms with van der Waals surface area (Å²) in [5.74, 6) is 1.31. The summed E-state index contributed by atoms with van der Waals surface area (Å²) in [4.78, 5) is 12.5. The molecule has 140 valence electrons. The Labute approximate surface area is 159 Å². The minimum Gasteiger partial charge on any atom is -0.493 e. The summed E-state index contributed by atoms with van der Waals surface area (Å²) < 4.78 is 12.6. The summed E-state index contributed by atoms with van der Waals surface area (Å²) in [6, 6.07) is 15.5. The first kappa shape index (κ1) is 18.6. The number of hydrogen-bond acceptors (Lipinski definition) is 3. The van der Waals surface area contributed by atoms with Crippen LogP contribution in [0.4, 0.5) is 0 Å². The maximum absolute atomic E-state index is 12.5. The van der Waals surface area contributed by atoms with E-state index in [4.69, 9.17) is 9.47 Å². The van der Waals surface area contributed by atoms with Gasteiger partial charge in [-0.3, -0.25) is 4.79 Å². The van der Waals surface area contributed by atoms with Gasteiger partial charge in [0, 0.05) is 30.2 Å². The summed E-state index contributed by atoms with van der Waals surface area (Å²) in [5.41, 5.74) is 3.85. The van der Waals surface area contributed by atoms with Crippen LogP contribution in [0.3, 0.4) is 0 Å². The topological polar surface area (TPSA) is 52.5 Å². The summed E-state index contributed by atoms with van der Waals surface area (Å²) >= 11 is 0. The minimum absolute atomic E-state index is 0.0797. The van der Waals surface area contributed by atoms with Crippen LogP contribution < -0.4 is 14.8 Å². The van der Waals surface area contributed by atoms with E-state index in [2.05, 4.69) is 5.32 Å². The van der Waals surface area contributed by atoms with Crippen LogP contribution in [0.2, 0.25) is 0 Å². The average molecular weight is 364 g/mol. The maximum Gasteiger partial charge on any atom is 0.251 e. The Morgan fingerprint density at radius 1 is 1.00 bits per heavy atom. The number of carbonyl (C=O) groups excluding carboxylic acids is 1. The van der Waals surface area contributed by atoms with Crippen LogP contribution in [-0.2, 0) is 6.42 Å². The van der Waals surface area contributed by atoms with E-state index in [1.165, 1.54) is 0 Å². The van der Waals surface area contributed by atoms with Crippen molar-refractivity contribution in [2.75, 3.05) is 20.8 Å². The molecule has 0 aliphatic rings. The van der Waals surface area contributed by atoms with Crippen molar-refractivity contribution in [3.8, 4) is 17.2 Å². The van der Waals surface area contributed by atoms with Crippen molar-refractivity contribution in [3.63, 3.8) is 0 Å². The zero-order valence-electron chi connectivity index (χ0n) is 15.9. The van der Waals surface area contributed by atoms with Gasteiger partial charge in [0.15, 0.2) is 11.5 Å². The molecule has 3 aromatic rings. The molecule has 0 aliphatic heterocycles. The Balaban J connectivity index is 1.64. The van der Waals surface area contributed by atoms with Gasteiger partial charge < -0.3 is 19.4 Å². The lowest BCUT2D eigenvalue weighted by atomic mass is 10.1. The molecule has 5 heteroatoms. The number of methoxy groups -OCH3 is 2. The van der Waals surface area contributed by atoms with Crippen molar-refractivity contribution in [1.82, 2.24) is 9.88 Å². The Kier molecular flexibility index (Phi) is 5.81. The summed E-state index contributed by atoms with van der Waals surface area (Å²) in [5, 5.41) is 2.99. The third-order valence-corrected chi connectivity index (χ3v) is 4.50. The summed E-state index contributed by atoms with van der Waals surface area (Å²) in [7, 11) is 3.23. The second-order valence-electron chi connectivity index (χ2n) is 6.29. The van der Waals surface area contributed by atoms with E-state index < -0.39 is 0 Å². The summed E-state index contributed by atoms with van der Waals surface area (Å²) in [6.45, 7) is 2.58. The maximum atomic E-state index is 12.5. The second-order valence-corrected chi connectivity index (χ2v) is 6.29. The first-order valence-corrected chi connectivity index (χ1v) is 8.85. The molecule has 0 saturated carbocycles. The van der Waals surface area contributed by atoms with Gasteiger partial charge in [0.2, 0.25) is 0 Å². The van der Waals surface area contributed by atoms with E-state index in [1.54, 1.807) is 14.2 Å². The fourth-order valence-corrected chi connectivity index (χ4v) is 2.98. The van der Waals surface area contributed by atoms with Crippen molar-refractivity contribution >= 4 is 5.91 Å². The fraction of sp³-hybridized carbons (Fsp3) is 0.227. The van der Waals surface area contributed by atoms with Gasteiger partial charge in [0.05, 0.1) is 14.2 Å². The van der Waals surface area contributed by atoms with Gasteiger partial charge in [-0.15, -0.1) is 0 Å². The molecule has 1 amide bonds. The van der Waals surface area contributed by atoms with Crippen LogP contribution in [0.25, 0.3) is 5.69 Å². The molecule has 0 fully saturated rings. The number of nitrogens with one attached hydrogen (secondary N) is 1. The van der Waals surface area contributed by atoms with Crippen LogP contribution >= 0.6 is 0 Å². The highest BCUT2D eigenvalue weighted by atomic mass is 16.5. The first-order valence-electron chi connectivity index (χ1n) is 8.85. The number of benzene rings is 2. The number of ether oxygens (including phenoxy) is 2. The van der Waals surface area contributed by atoms with Crippen LogP contribution in [0.5, 0.6) is 11.5 Å². The molecule has 0 aliphatic carbocycles. The molecule has 1 heterocycles. The lowest BCUT2D eigenvalue weighted by molar-refractivity contribution is 0.0954. The fourth-order valence-electron chi connectivity index (χ4n) is 2.98. The lowest BCUT2D eigenvalue weighted by Gasteiger charge is -2.12. The smallest absolute Gasteiger partial charge is 0.251 e. The van der Waals surface area contributed by atoms with Crippen LogP contribution in [0.1, 0.15) is 21.5 Å². The molecule has 0 saturated heterocycles. The number of amides is 1. The quantitative estimate of drug-likeness (QED) is 0.694. The number of nitrogens with zero attached hydrogens (tertiary/aromatic N) is 1. The number of carbonyl (C=O) groups is 1. The molecule has 0 unspecified atom stereocenters. The first-order chi connectivity index (χ1) is 13.1. The van der Waals surface area contributed by atoms with E-state index in [1.807, 2.05) is 72.4 Å². The van der Waals surface area contributed by atoms with Crippen LogP contribution in [0, 0.1) is 6.92 Å². The van der Waals surface area contributed by atoms with Crippen molar-refractivity contribution in [1.29, 1.82) is 0 Å². The molecule has 1 N–H and O–H groups in total. The second kappa shape index (κ2) is 8.45. The zero-order chi connectivity index (χ0) is 19.2. The van der Waals surface area contributed by atoms with Crippen LogP contribution in [0.15, 0.2) is 60.9 Å². The molecule has 0 radical (unpaired) electrons. The number of rotatable bonds is 7. The molecule has 3 rings (SSSR count). The highest BCUT2D eigenvalue weighted by Crippen LogP contribution is 2.27. The Bertz CT molecular complexity index is 917. The van der Waals surface area contributed by atoms with Crippen molar-refractivity contribution in [2.45, 2.75) is 13.3 Å². The molecule has 27 heavy (non-hydrogen) atoms. The molecule has 0 bridgehead atoms. The predicted octanol–water partition coefficient (Wildman–Crippen LogP) is 3.78. The van der Waals surface area contributed by atoms with E-state index in [0.717, 1.165) is 16.8 Å².